The molecule has 0 radical (unpaired) electrons. The van der Waals surface area contributed by atoms with Crippen molar-refractivity contribution in [2.45, 2.75) is 50.8 Å². The van der Waals surface area contributed by atoms with Crippen molar-refractivity contribution in [3.63, 3.8) is 0 Å². The predicted molar refractivity (Wildman–Crippen MR) is 75.0 cm³/mol. The Kier molecular flexibility index (Phi) is 5.00. The molecule has 1 saturated carbocycles. The molecule has 1 aliphatic rings. The van der Waals surface area contributed by atoms with Crippen LogP contribution in [-0.2, 0) is 20.6 Å². The summed E-state index contributed by atoms with van der Waals surface area (Å²) >= 11 is 0. The van der Waals surface area contributed by atoms with Crippen molar-refractivity contribution >= 4 is 16.0 Å². The molecule has 0 spiro atoms. The first-order valence-corrected chi connectivity index (χ1v) is 8.67. The van der Waals surface area contributed by atoms with E-state index >= 15 is 0 Å². The zero-order valence-electron chi connectivity index (χ0n) is 11.9. The average molecular weight is 316 g/mol. The predicted octanol–water partition coefficient (Wildman–Crippen LogP) is 1.44. The van der Waals surface area contributed by atoms with E-state index in [0.29, 0.717) is 5.76 Å². The molecule has 1 heterocycles. The highest BCUT2D eigenvalue weighted by atomic mass is 32.2. The first-order valence-electron chi connectivity index (χ1n) is 7.02. The number of carbonyl (C=O) groups is 1. The monoisotopic (exact) mass is 316 g/mol. The number of carboxylic acid groups (broad SMARTS) is 1. The van der Waals surface area contributed by atoms with Crippen LogP contribution in [0.1, 0.15) is 43.6 Å². The van der Waals surface area contributed by atoms with Gasteiger partial charge in [0.25, 0.3) is 0 Å². The van der Waals surface area contributed by atoms with Gasteiger partial charge in [-0.15, -0.1) is 0 Å². The Bertz CT molecular complexity index is 589. The molecule has 7 nitrogen and oxygen atoms in total. The molecule has 1 unspecified atom stereocenters. The van der Waals surface area contributed by atoms with Crippen molar-refractivity contribution in [2.75, 3.05) is 0 Å². The fourth-order valence-corrected chi connectivity index (χ4v) is 4.02. The Hall–Kier alpha value is -1.41. The lowest BCUT2D eigenvalue weighted by Gasteiger charge is -2.27. The maximum atomic E-state index is 12.1. The zero-order valence-corrected chi connectivity index (χ0v) is 12.7. The topological polar surface area (TPSA) is 110 Å². The minimum atomic E-state index is -3.77. The molecule has 1 aromatic rings. The number of hydrogen-bond acceptors (Lipinski definition) is 5. The first-order chi connectivity index (χ1) is 9.87. The van der Waals surface area contributed by atoms with Gasteiger partial charge in [-0.05, 0) is 25.7 Å². The lowest BCUT2D eigenvalue weighted by Crippen LogP contribution is -2.46. The normalized spacial score (nSPS) is 18.5. The summed E-state index contributed by atoms with van der Waals surface area (Å²) in [6, 6.07) is 0.457. The number of carboxylic acids is 1. The number of sulfonamides is 1. The second-order valence-corrected chi connectivity index (χ2v) is 7.27. The molecule has 0 aliphatic heterocycles. The molecule has 8 heteroatoms. The van der Waals surface area contributed by atoms with Gasteiger partial charge in [0.05, 0.1) is 0 Å². The quantitative estimate of drug-likeness (QED) is 0.821. The zero-order chi connectivity index (χ0) is 15.5. The Morgan fingerprint density at radius 2 is 2.14 bits per heavy atom. The third kappa shape index (κ3) is 4.53. The summed E-state index contributed by atoms with van der Waals surface area (Å²) in [7, 11) is -3.77. The molecule has 0 saturated heterocycles. The highest BCUT2D eigenvalue weighted by Crippen LogP contribution is 2.27. The van der Waals surface area contributed by atoms with E-state index < -0.39 is 22.0 Å². The molecule has 1 atom stereocenters. The van der Waals surface area contributed by atoms with E-state index in [4.69, 9.17) is 4.52 Å². The summed E-state index contributed by atoms with van der Waals surface area (Å²) in [4.78, 5) is 11.4. The van der Waals surface area contributed by atoms with Crippen LogP contribution in [0, 0.1) is 12.8 Å². The largest absolute Gasteiger partial charge is 0.480 e. The smallest absolute Gasteiger partial charge is 0.322 e. The van der Waals surface area contributed by atoms with Crippen molar-refractivity contribution in [3.05, 3.63) is 17.5 Å². The van der Waals surface area contributed by atoms with Gasteiger partial charge in [0.15, 0.2) is 0 Å². The maximum Gasteiger partial charge on any atom is 0.322 e. The molecule has 1 aromatic heterocycles. The number of nitrogens with one attached hydrogen (secondary N) is 1. The summed E-state index contributed by atoms with van der Waals surface area (Å²) < 4.78 is 31.4. The van der Waals surface area contributed by atoms with E-state index in [-0.39, 0.29) is 17.4 Å². The number of aryl methyl sites for hydroxylation is 1. The summed E-state index contributed by atoms with van der Waals surface area (Å²) in [5, 5.41) is 12.9. The fourth-order valence-electron chi connectivity index (χ4n) is 2.73. The average Bonchev–Trinajstić information content (AvgIpc) is 2.81. The van der Waals surface area contributed by atoms with Crippen LogP contribution >= 0.6 is 0 Å². The molecule has 0 amide bonds. The molecule has 0 bridgehead atoms. The van der Waals surface area contributed by atoms with Crippen molar-refractivity contribution in [3.8, 4) is 0 Å². The molecule has 2 rings (SSSR count). The highest BCUT2D eigenvalue weighted by Gasteiger charge is 2.33. The Balaban J connectivity index is 2.06. The second kappa shape index (κ2) is 6.57. The molecular formula is C13H20N2O5S. The van der Waals surface area contributed by atoms with E-state index in [0.717, 1.165) is 32.1 Å². The van der Waals surface area contributed by atoms with Crippen molar-refractivity contribution < 1.29 is 22.8 Å². The summed E-state index contributed by atoms with van der Waals surface area (Å²) in [6.45, 7) is 1.67. The minimum absolute atomic E-state index is 0.148. The van der Waals surface area contributed by atoms with Crippen molar-refractivity contribution in [1.29, 1.82) is 0 Å². The van der Waals surface area contributed by atoms with E-state index in [1.165, 1.54) is 6.07 Å². The lowest BCUT2D eigenvalue weighted by atomic mass is 9.84. The molecular weight excluding hydrogens is 296 g/mol. The first kappa shape index (κ1) is 16.0. The Morgan fingerprint density at radius 1 is 1.48 bits per heavy atom. The molecule has 1 aliphatic carbocycles. The van der Waals surface area contributed by atoms with Gasteiger partial charge in [-0.25, -0.2) is 13.1 Å². The number of rotatable bonds is 6. The summed E-state index contributed by atoms with van der Waals surface area (Å²) in [5.41, 5.74) is 0.271. The Labute approximate surface area is 123 Å². The van der Waals surface area contributed by atoms with Gasteiger partial charge >= 0.3 is 5.97 Å². The summed E-state index contributed by atoms with van der Waals surface area (Å²) in [5.74, 6) is -1.13. The van der Waals surface area contributed by atoms with E-state index in [9.17, 15) is 18.3 Å². The second-order valence-electron chi connectivity index (χ2n) is 5.52. The van der Waals surface area contributed by atoms with Gasteiger partial charge in [-0.1, -0.05) is 24.4 Å². The number of aromatic nitrogens is 1. The van der Waals surface area contributed by atoms with Gasteiger partial charge < -0.3 is 9.63 Å². The van der Waals surface area contributed by atoms with Crippen LogP contribution in [0.15, 0.2) is 10.6 Å². The standard InChI is InChI=1S/C13H20N2O5S/c1-9-7-11(14-20-9)8-21(18,19)15-12(13(16)17)10-5-3-2-4-6-10/h7,10,12,15H,2-6,8H2,1H3,(H,16,17). The SMILES string of the molecule is Cc1cc(CS(=O)(=O)NC(C(=O)O)C2CCCCC2)no1. The molecule has 118 valence electrons. The highest BCUT2D eigenvalue weighted by molar-refractivity contribution is 7.88. The number of hydrogen-bond donors (Lipinski definition) is 2. The third-order valence-electron chi connectivity index (χ3n) is 3.71. The van der Waals surface area contributed by atoms with Gasteiger partial charge in [0, 0.05) is 6.07 Å². The van der Waals surface area contributed by atoms with Gasteiger partial charge in [0.2, 0.25) is 10.0 Å². The molecule has 1 fully saturated rings. The minimum Gasteiger partial charge on any atom is -0.480 e. The van der Waals surface area contributed by atoms with Crippen molar-refractivity contribution in [2.24, 2.45) is 5.92 Å². The molecule has 0 aromatic carbocycles. The number of aliphatic carboxylic acids is 1. The van der Waals surface area contributed by atoms with Crippen molar-refractivity contribution in [1.82, 2.24) is 9.88 Å². The van der Waals surface area contributed by atoms with E-state index in [2.05, 4.69) is 9.88 Å². The van der Waals surface area contributed by atoms with Crippen LogP contribution in [0.3, 0.4) is 0 Å². The Morgan fingerprint density at radius 3 is 2.67 bits per heavy atom. The van der Waals surface area contributed by atoms with Gasteiger partial charge in [-0.2, -0.15) is 0 Å². The van der Waals surface area contributed by atoms with Crippen LogP contribution < -0.4 is 4.72 Å². The lowest BCUT2D eigenvalue weighted by molar-refractivity contribution is -0.140. The third-order valence-corrected chi connectivity index (χ3v) is 5.00. The van der Waals surface area contributed by atoms with Crippen LogP contribution in [0.2, 0.25) is 0 Å². The fraction of sp³-hybridized carbons (Fsp3) is 0.692. The van der Waals surface area contributed by atoms with Crippen LogP contribution in [0.25, 0.3) is 0 Å². The number of nitrogens with zero attached hydrogens (tertiary/aromatic N) is 1. The van der Waals surface area contributed by atoms with Gasteiger partial charge in [-0.3, -0.25) is 4.79 Å². The van der Waals surface area contributed by atoms with E-state index in [1.807, 2.05) is 0 Å². The van der Waals surface area contributed by atoms with Crippen LogP contribution in [-0.4, -0.2) is 30.7 Å². The van der Waals surface area contributed by atoms with Gasteiger partial charge in [0.1, 0.15) is 23.2 Å². The van der Waals surface area contributed by atoms with E-state index in [1.54, 1.807) is 6.92 Å². The maximum absolute atomic E-state index is 12.1. The van der Waals surface area contributed by atoms with Crippen LogP contribution in [0.5, 0.6) is 0 Å². The molecule has 2 N–H and O–H groups in total. The molecule has 21 heavy (non-hydrogen) atoms. The van der Waals surface area contributed by atoms with Crippen LogP contribution in [0.4, 0.5) is 0 Å². The summed E-state index contributed by atoms with van der Waals surface area (Å²) in [6.07, 6.45) is 4.44.